The molecule has 0 aliphatic heterocycles. The van der Waals surface area contributed by atoms with E-state index in [9.17, 15) is 9.18 Å². The van der Waals surface area contributed by atoms with E-state index in [2.05, 4.69) is 29.4 Å². The Morgan fingerprint density at radius 1 is 1.11 bits per heavy atom. The van der Waals surface area contributed by atoms with Gasteiger partial charge >= 0.3 is 5.97 Å². The van der Waals surface area contributed by atoms with Crippen molar-refractivity contribution in [3.8, 4) is 0 Å². The van der Waals surface area contributed by atoms with Gasteiger partial charge in [-0.25, -0.2) is 9.18 Å². The summed E-state index contributed by atoms with van der Waals surface area (Å²) in [7, 11) is 0. The van der Waals surface area contributed by atoms with Gasteiger partial charge < -0.3 is 9.25 Å². The summed E-state index contributed by atoms with van der Waals surface area (Å²) < 4.78 is 18.3. The third-order valence-corrected chi connectivity index (χ3v) is 4.74. The summed E-state index contributed by atoms with van der Waals surface area (Å²) in [6.07, 6.45) is 2.30. The van der Waals surface area contributed by atoms with Gasteiger partial charge in [0.2, 0.25) is 5.76 Å². The lowest BCUT2D eigenvalue weighted by atomic mass is 10.0. The fourth-order valence-corrected chi connectivity index (χ4v) is 3.16. The van der Waals surface area contributed by atoms with Crippen LogP contribution in [0, 0.1) is 18.7 Å². The second kappa shape index (κ2) is 7.19. The Bertz CT molecular complexity index is 960. The Balaban J connectivity index is 1.59. The van der Waals surface area contributed by atoms with Crippen LogP contribution in [0.25, 0.3) is 0 Å². The third-order valence-electron chi connectivity index (χ3n) is 4.74. The molecule has 0 spiro atoms. The highest BCUT2D eigenvalue weighted by atomic mass is 19.1. The number of hydrogen-bond acceptors (Lipinski definition) is 4. The zero-order chi connectivity index (χ0) is 18.8. The molecule has 4 nitrogen and oxygen atoms in total. The van der Waals surface area contributed by atoms with Crippen molar-refractivity contribution in [2.24, 2.45) is 11.1 Å². The normalized spacial score (nSPS) is 19.0. The van der Waals surface area contributed by atoms with Gasteiger partial charge in [-0.05, 0) is 54.7 Å². The largest absolute Gasteiger partial charge is 0.457 e. The van der Waals surface area contributed by atoms with Gasteiger partial charge in [0.1, 0.15) is 5.82 Å². The number of nitrogens with zero attached hydrogens (tertiary/aromatic N) is 1. The lowest BCUT2D eigenvalue weighted by Gasteiger charge is -2.07. The summed E-state index contributed by atoms with van der Waals surface area (Å²) in [6.45, 7) is 2.05. The molecule has 2 aromatic carbocycles. The highest BCUT2D eigenvalue weighted by molar-refractivity contribution is 6.04. The van der Waals surface area contributed by atoms with Crippen LogP contribution in [0.1, 0.15) is 39.6 Å². The van der Waals surface area contributed by atoms with Crippen LogP contribution in [0.4, 0.5) is 4.39 Å². The minimum absolute atomic E-state index is 0.0862. The van der Waals surface area contributed by atoms with Crippen molar-refractivity contribution in [3.05, 3.63) is 95.2 Å². The van der Waals surface area contributed by atoms with Crippen LogP contribution in [0.5, 0.6) is 0 Å². The van der Waals surface area contributed by atoms with E-state index in [-0.39, 0.29) is 17.5 Å². The topological polar surface area (TPSA) is 51.8 Å². The maximum atomic E-state index is 13.3. The predicted molar refractivity (Wildman–Crippen MR) is 99.1 cm³/mol. The van der Waals surface area contributed by atoms with Crippen molar-refractivity contribution in [2.75, 3.05) is 0 Å². The Labute approximate surface area is 156 Å². The molecule has 3 aromatic rings. The fourth-order valence-electron chi connectivity index (χ4n) is 3.16. The molecule has 2 atom stereocenters. The fraction of sp³-hybridized carbons (Fsp3) is 0.182. The van der Waals surface area contributed by atoms with Gasteiger partial charge in [0.15, 0.2) is 0 Å². The molecule has 1 fully saturated rings. The van der Waals surface area contributed by atoms with Crippen molar-refractivity contribution in [3.63, 3.8) is 0 Å². The molecule has 0 saturated heterocycles. The lowest BCUT2D eigenvalue weighted by Crippen LogP contribution is -2.09. The van der Waals surface area contributed by atoms with Crippen molar-refractivity contribution >= 4 is 11.7 Å². The molecule has 136 valence electrons. The molecule has 2 unspecified atom stereocenters. The number of aryl methyl sites for hydroxylation is 1. The number of rotatable bonds is 5. The number of benzene rings is 2. The summed E-state index contributed by atoms with van der Waals surface area (Å²) in [4.78, 5) is 17.1. The van der Waals surface area contributed by atoms with Crippen LogP contribution in [-0.2, 0) is 4.84 Å². The van der Waals surface area contributed by atoms with Crippen LogP contribution in [-0.4, -0.2) is 11.7 Å². The van der Waals surface area contributed by atoms with Crippen LogP contribution in [0.2, 0.25) is 0 Å². The second-order valence-corrected chi connectivity index (χ2v) is 6.70. The molecule has 1 saturated carbocycles. The maximum absolute atomic E-state index is 13.3. The Hall–Kier alpha value is -3.21. The van der Waals surface area contributed by atoms with Gasteiger partial charge in [-0.3, -0.25) is 0 Å². The Kier molecular flexibility index (Phi) is 4.59. The molecular weight excluding hydrogens is 345 g/mol. The minimum Gasteiger partial charge on any atom is -0.457 e. The average molecular weight is 363 g/mol. The molecular formula is C22H18FNO3. The number of oxime groups is 1. The molecule has 1 aliphatic rings. The zero-order valence-corrected chi connectivity index (χ0v) is 14.8. The standard InChI is InChI=1S/C22H18FNO3/c1-14-4-6-15(7-5-14)18-13-19(18)21(16-8-10-17(23)11-9-16)24-27-22(25)20-3-2-12-26-20/h2-12,18-19H,13H2,1H3/b24-21+. The molecule has 5 heteroatoms. The van der Waals surface area contributed by atoms with Gasteiger partial charge in [-0.2, -0.15) is 0 Å². The highest BCUT2D eigenvalue weighted by Gasteiger charge is 2.43. The summed E-state index contributed by atoms with van der Waals surface area (Å²) >= 11 is 0. The van der Waals surface area contributed by atoms with Gasteiger partial charge in [0, 0.05) is 5.92 Å². The first-order valence-electron chi connectivity index (χ1n) is 8.77. The zero-order valence-electron chi connectivity index (χ0n) is 14.8. The summed E-state index contributed by atoms with van der Waals surface area (Å²) in [5.74, 6) is -0.480. The number of hydrogen-bond donors (Lipinski definition) is 0. The van der Waals surface area contributed by atoms with E-state index >= 15 is 0 Å². The van der Waals surface area contributed by atoms with Gasteiger partial charge in [-0.1, -0.05) is 47.1 Å². The first-order valence-corrected chi connectivity index (χ1v) is 8.77. The van der Waals surface area contributed by atoms with E-state index in [0.29, 0.717) is 11.6 Å². The van der Waals surface area contributed by atoms with Crippen LogP contribution in [0.3, 0.4) is 0 Å². The van der Waals surface area contributed by atoms with Gasteiger partial charge in [-0.15, -0.1) is 0 Å². The number of furan rings is 1. The van der Waals surface area contributed by atoms with Crippen molar-refractivity contribution < 1.29 is 18.4 Å². The summed E-state index contributed by atoms with van der Waals surface area (Å²) in [6, 6.07) is 17.6. The second-order valence-electron chi connectivity index (χ2n) is 6.70. The highest BCUT2D eigenvalue weighted by Crippen LogP contribution is 2.49. The van der Waals surface area contributed by atoms with E-state index in [1.807, 2.05) is 6.92 Å². The van der Waals surface area contributed by atoms with Gasteiger partial charge in [0.25, 0.3) is 0 Å². The van der Waals surface area contributed by atoms with E-state index in [1.165, 1.54) is 35.6 Å². The summed E-state index contributed by atoms with van der Waals surface area (Å²) in [5, 5.41) is 4.12. The van der Waals surface area contributed by atoms with E-state index in [4.69, 9.17) is 9.25 Å². The van der Waals surface area contributed by atoms with Crippen LogP contribution < -0.4 is 0 Å². The quantitative estimate of drug-likeness (QED) is 0.360. The molecule has 0 radical (unpaired) electrons. The van der Waals surface area contributed by atoms with Crippen LogP contribution in [0.15, 0.2) is 76.5 Å². The first-order chi connectivity index (χ1) is 13.1. The first kappa shape index (κ1) is 17.2. The monoisotopic (exact) mass is 363 g/mol. The predicted octanol–water partition coefficient (Wildman–Crippen LogP) is 5.09. The Morgan fingerprint density at radius 2 is 1.85 bits per heavy atom. The van der Waals surface area contributed by atoms with Crippen molar-refractivity contribution in [1.82, 2.24) is 0 Å². The summed E-state index contributed by atoms with van der Waals surface area (Å²) in [5.41, 5.74) is 3.80. The lowest BCUT2D eigenvalue weighted by molar-refractivity contribution is 0.0479. The number of carbonyl (C=O) groups is 1. The average Bonchev–Trinajstić information content (AvgIpc) is 3.25. The van der Waals surface area contributed by atoms with E-state index < -0.39 is 5.97 Å². The molecule has 0 amide bonds. The molecule has 4 rings (SSSR count). The van der Waals surface area contributed by atoms with Crippen molar-refractivity contribution in [2.45, 2.75) is 19.3 Å². The SMILES string of the molecule is Cc1ccc(C2CC2/C(=N/OC(=O)c2ccco2)c2ccc(F)cc2)cc1. The smallest absolute Gasteiger partial charge is 0.400 e. The number of carbonyl (C=O) groups excluding carboxylic acids is 1. The molecule has 1 heterocycles. The minimum atomic E-state index is -0.660. The number of halogens is 1. The van der Waals surface area contributed by atoms with Crippen LogP contribution >= 0.6 is 0 Å². The van der Waals surface area contributed by atoms with E-state index in [0.717, 1.165) is 12.0 Å². The molecule has 1 aliphatic carbocycles. The van der Waals surface area contributed by atoms with E-state index in [1.54, 1.807) is 18.2 Å². The van der Waals surface area contributed by atoms with Crippen molar-refractivity contribution in [1.29, 1.82) is 0 Å². The Morgan fingerprint density at radius 3 is 2.52 bits per heavy atom. The molecule has 1 aromatic heterocycles. The van der Waals surface area contributed by atoms with Gasteiger partial charge in [0.05, 0.1) is 12.0 Å². The molecule has 27 heavy (non-hydrogen) atoms. The molecule has 0 bridgehead atoms. The molecule has 0 N–H and O–H groups in total. The third kappa shape index (κ3) is 3.82. The maximum Gasteiger partial charge on any atom is 0.400 e.